The van der Waals surface area contributed by atoms with E-state index < -0.39 is 30.2 Å². The number of rotatable bonds is 4. The fourth-order valence-corrected chi connectivity index (χ4v) is 3.42. The Kier molecular flexibility index (Phi) is 5.15. The monoisotopic (exact) mass is 339 g/mol. The van der Waals surface area contributed by atoms with Crippen LogP contribution in [-0.2, 0) is 19.1 Å². The van der Waals surface area contributed by atoms with E-state index in [2.05, 4.69) is 5.32 Å². The van der Waals surface area contributed by atoms with Crippen LogP contribution in [0.2, 0.25) is 0 Å². The van der Waals surface area contributed by atoms with Gasteiger partial charge in [0.2, 0.25) is 0 Å². The number of imide groups is 1. The lowest BCUT2D eigenvalue weighted by Crippen LogP contribution is -2.54. The Labute approximate surface area is 141 Å². The van der Waals surface area contributed by atoms with Crippen molar-refractivity contribution in [2.24, 2.45) is 5.92 Å². The Balaban J connectivity index is 2.02. The Morgan fingerprint density at radius 1 is 1.38 bits per heavy atom. The summed E-state index contributed by atoms with van der Waals surface area (Å²) in [6.07, 6.45) is 2.37. The second kappa shape index (κ2) is 6.78. The van der Waals surface area contributed by atoms with Crippen molar-refractivity contribution in [3.63, 3.8) is 0 Å². The number of nitrogens with zero attached hydrogens (tertiary/aromatic N) is 2. The molecular formula is C16H25N3O5. The molecular weight excluding hydrogens is 314 g/mol. The highest BCUT2D eigenvalue weighted by Crippen LogP contribution is 2.38. The molecule has 2 fully saturated rings. The fraction of sp³-hybridized carbons (Fsp3) is 0.750. The van der Waals surface area contributed by atoms with Crippen LogP contribution in [0.5, 0.6) is 0 Å². The van der Waals surface area contributed by atoms with Crippen molar-refractivity contribution in [3.05, 3.63) is 0 Å². The van der Waals surface area contributed by atoms with E-state index in [1.165, 1.54) is 11.8 Å². The molecule has 2 rings (SSSR count). The van der Waals surface area contributed by atoms with Gasteiger partial charge in [0.15, 0.2) is 6.10 Å². The Morgan fingerprint density at radius 2 is 2.04 bits per heavy atom. The van der Waals surface area contributed by atoms with Gasteiger partial charge in [-0.05, 0) is 25.7 Å². The van der Waals surface area contributed by atoms with E-state index in [0.717, 1.165) is 24.2 Å². The summed E-state index contributed by atoms with van der Waals surface area (Å²) < 4.78 is 5.03. The molecule has 2 aliphatic rings. The van der Waals surface area contributed by atoms with Crippen molar-refractivity contribution in [2.75, 3.05) is 20.6 Å². The maximum atomic E-state index is 12.7. The van der Waals surface area contributed by atoms with E-state index in [1.54, 1.807) is 14.1 Å². The highest BCUT2D eigenvalue weighted by molar-refractivity contribution is 6.09. The molecule has 0 aromatic rings. The minimum absolute atomic E-state index is 0.0259. The third-order valence-corrected chi connectivity index (χ3v) is 4.89. The minimum atomic E-state index is -0.962. The van der Waals surface area contributed by atoms with Gasteiger partial charge in [-0.25, -0.2) is 4.79 Å². The van der Waals surface area contributed by atoms with Crippen LogP contribution in [-0.4, -0.2) is 65.9 Å². The van der Waals surface area contributed by atoms with E-state index >= 15 is 0 Å². The molecule has 24 heavy (non-hydrogen) atoms. The number of carbonyl (C=O) groups excluding carboxylic acids is 4. The summed E-state index contributed by atoms with van der Waals surface area (Å²) in [6, 6.07) is -0.572. The molecule has 0 aromatic carbocycles. The summed E-state index contributed by atoms with van der Waals surface area (Å²) in [5, 5.41) is 2.77. The molecule has 1 saturated carbocycles. The van der Waals surface area contributed by atoms with Gasteiger partial charge in [-0.15, -0.1) is 0 Å². The van der Waals surface area contributed by atoms with Crippen molar-refractivity contribution in [1.29, 1.82) is 0 Å². The smallest absolute Gasteiger partial charge is 0.327 e. The third kappa shape index (κ3) is 3.22. The van der Waals surface area contributed by atoms with Gasteiger partial charge in [-0.3, -0.25) is 19.3 Å². The third-order valence-electron chi connectivity index (χ3n) is 4.89. The van der Waals surface area contributed by atoms with Gasteiger partial charge in [0.05, 0.1) is 0 Å². The van der Waals surface area contributed by atoms with E-state index in [1.807, 2.05) is 6.92 Å². The number of hydrogen-bond donors (Lipinski definition) is 1. The highest BCUT2D eigenvalue weighted by atomic mass is 16.5. The first-order valence-electron chi connectivity index (χ1n) is 8.24. The molecule has 0 aromatic heterocycles. The summed E-state index contributed by atoms with van der Waals surface area (Å²) in [5.41, 5.74) is -0.902. The molecule has 1 N–H and O–H groups in total. The summed E-state index contributed by atoms with van der Waals surface area (Å²) in [5.74, 6) is -1.49. The van der Waals surface area contributed by atoms with Crippen LogP contribution in [0.25, 0.3) is 0 Å². The van der Waals surface area contributed by atoms with E-state index in [-0.39, 0.29) is 17.7 Å². The zero-order chi connectivity index (χ0) is 18.1. The molecule has 1 aliphatic carbocycles. The maximum absolute atomic E-state index is 12.7. The van der Waals surface area contributed by atoms with E-state index in [9.17, 15) is 19.2 Å². The van der Waals surface area contributed by atoms with Gasteiger partial charge in [0.1, 0.15) is 12.1 Å². The second-order valence-electron chi connectivity index (χ2n) is 6.80. The zero-order valence-electron chi connectivity index (χ0n) is 14.6. The van der Waals surface area contributed by atoms with Crippen LogP contribution in [0.1, 0.15) is 39.5 Å². The first-order chi connectivity index (χ1) is 11.2. The average Bonchev–Trinajstić information content (AvgIpc) is 2.74. The molecule has 1 heterocycles. The molecule has 1 saturated heterocycles. The Bertz CT molecular complexity index is 562. The minimum Gasteiger partial charge on any atom is -0.451 e. The Morgan fingerprint density at radius 3 is 2.62 bits per heavy atom. The van der Waals surface area contributed by atoms with Gasteiger partial charge in [0.25, 0.3) is 11.8 Å². The maximum Gasteiger partial charge on any atom is 0.327 e. The molecule has 134 valence electrons. The second-order valence-corrected chi connectivity index (χ2v) is 6.80. The molecule has 0 bridgehead atoms. The highest BCUT2D eigenvalue weighted by Gasteiger charge is 2.55. The quantitative estimate of drug-likeness (QED) is 0.594. The number of likely N-dealkylation sites (N-methyl/N-ethyl adjacent to an activating group) is 1. The van der Waals surface area contributed by atoms with Crippen LogP contribution >= 0.6 is 0 Å². The van der Waals surface area contributed by atoms with Crippen LogP contribution in [0, 0.1) is 5.92 Å². The molecule has 1 spiro atoms. The number of amides is 4. The lowest BCUT2D eigenvalue weighted by molar-refractivity contribution is -0.159. The lowest BCUT2D eigenvalue weighted by Gasteiger charge is -2.36. The van der Waals surface area contributed by atoms with Crippen molar-refractivity contribution < 1.29 is 23.9 Å². The fourth-order valence-electron chi connectivity index (χ4n) is 3.42. The summed E-state index contributed by atoms with van der Waals surface area (Å²) in [6.45, 7) is 2.91. The van der Waals surface area contributed by atoms with Crippen molar-refractivity contribution in [3.8, 4) is 0 Å². The summed E-state index contributed by atoms with van der Waals surface area (Å²) >= 11 is 0. The molecule has 3 atom stereocenters. The van der Waals surface area contributed by atoms with Gasteiger partial charge < -0.3 is 15.0 Å². The lowest BCUT2D eigenvalue weighted by atomic mass is 9.73. The van der Waals surface area contributed by atoms with Crippen LogP contribution < -0.4 is 5.32 Å². The number of urea groups is 1. The standard InChI is InChI=1S/C16H25N3O5/c1-10-7-5-6-8-16(10)14(22)19(15(23)17-16)9-12(20)24-11(2)13(21)18(3)4/h10-11H,5-9H2,1-4H3,(H,17,23)/t10-,11-,16-/m0/s1. The van der Waals surface area contributed by atoms with Gasteiger partial charge >= 0.3 is 12.0 Å². The topological polar surface area (TPSA) is 96.0 Å². The molecule has 4 amide bonds. The van der Waals surface area contributed by atoms with Gasteiger partial charge in [-0.2, -0.15) is 0 Å². The summed E-state index contributed by atoms with van der Waals surface area (Å²) in [4.78, 5) is 50.8. The molecule has 1 aliphatic heterocycles. The van der Waals surface area contributed by atoms with Gasteiger partial charge in [0, 0.05) is 14.1 Å². The van der Waals surface area contributed by atoms with Crippen molar-refractivity contribution >= 4 is 23.8 Å². The van der Waals surface area contributed by atoms with Crippen molar-refractivity contribution in [1.82, 2.24) is 15.1 Å². The number of carbonyl (C=O) groups is 4. The average molecular weight is 339 g/mol. The number of esters is 1. The largest absolute Gasteiger partial charge is 0.451 e. The first kappa shape index (κ1) is 18.2. The predicted octanol–water partition coefficient (Wildman–Crippen LogP) is 0.507. The number of nitrogens with one attached hydrogen (secondary N) is 1. The first-order valence-corrected chi connectivity index (χ1v) is 8.24. The normalized spacial score (nSPS) is 27.8. The predicted molar refractivity (Wildman–Crippen MR) is 84.9 cm³/mol. The van der Waals surface area contributed by atoms with E-state index in [4.69, 9.17) is 4.74 Å². The summed E-state index contributed by atoms with van der Waals surface area (Å²) in [7, 11) is 3.11. The van der Waals surface area contributed by atoms with Gasteiger partial charge in [-0.1, -0.05) is 19.8 Å². The van der Waals surface area contributed by atoms with Crippen LogP contribution in [0.15, 0.2) is 0 Å². The van der Waals surface area contributed by atoms with E-state index in [0.29, 0.717) is 6.42 Å². The number of ether oxygens (including phenoxy) is 1. The SMILES string of the molecule is C[C@H](OC(=O)CN1C(=O)N[C@]2(CCCC[C@@H]2C)C1=O)C(=O)N(C)C. The molecule has 8 heteroatoms. The molecule has 8 nitrogen and oxygen atoms in total. The number of hydrogen-bond acceptors (Lipinski definition) is 5. The molecule has 0 unspecified atom stereocenters. The zero-order valence-corrected chi connectivity index (χ0v) is 14.6. The Hall–Kier alpha value is -2.12. The van der Waals surface area contributed by atoms with Crippen molar-refractivity contribution in [2.45, 2.75) is 51.2 Å². The van der Waals surface area contributed by atoms with Crippen LogP contribution in [0.4, 0.5) is 4.79 Å². The molecule has 0 radical (unpaired) electrons. The van der Waals surface area contributed by atoms with Crippen LogP contribution in [0.3, 0.4) is 0 Å².